The average Bonchev–Trinajstić information content (AvgIpc) is 3.28. The smallest absolute Gasteiger partial charge is 0.409 e. The fourth-order valence-electron chi connectivity index (χ4n) is 3.83. The molecule has 0 atom stereocenters. The molecule has 2 aromatic rings. The monoisotopic (exact) mass is 625 g/mol. The Hall–Kier alpha value is -3.05. The molecule has 0 spiro atoms. The minimum atomic E-state index is -0.570. The second-order valence-corrected chi connectivity index (χ2v) is 9.28. The van der Waals surface area contributed by atoms with E-state index in [2.05, 4.69) is 31.9 Å². The van der Waals surface area contributed by atoms with Crippen LogP contribution in [-0.4, -0.2) is 71.1 Å². The van der Waals surface area contributed by atoms with E-state index in [1.54, 1.807) is 29.2 Å². The minimum Gasteiger partial charge on any atom is -0.495 e. The maximum Gasteiger partial charge on any atom is 0.409 e. The Kier molecular flexibility index (Phi) is 9.38. The van der Waals surface area contributed by atoms with E-state index < -0.39 is 11.9 Å². The van der Waals surface area contributed by atoms with Crippen molar-refractivity contribution in [2.75, 3.05) is 48.1 Å². The van der Waals surface area contributed by atoms with Crippen molar-refractivity contribution in [1.29, 1.82) is 0 Å². The zero-order valence-corrected chi connectivity index (χ0v) is 23.4. The van der Waals surface area contributed by atoms with E-state index in [4.69, 9.17) is 23.7 Å². The van der Waals surface area contributed by atoms with E-state index in [9.17, 15) is 14.4 Å². The summed E-state index contributed by atoms with van der Waals surface area (Å²) in [5, 5.41) is 0. The van der Waals surface area contributed by atoms with Gasteiger partial charge >= 0.3 is 18.0 Å². The van der Waals surface area contributed by atoms with E-state index in [1.807, 2.05) is 6.08 Å². The summed E-state index contributed by atoms with van der Waals surface area (Å²) in [4.78, 5) is 38.5. The number of ether oxygens (including phenoxy) is 5. The third kappa shape index (κ3) is 5.84. The van der Waals surface area contributed by atoms with Crippen molar-refractivity contribution in [2.24, 2.45) is 0 Å². The van der Waals surface area contributed by atoms with E-state index in [1.165, 1.54) is 28.4 Å². The first kappa shape index (κ1) is 27.5. The van der Waals surface area contributed by atoms with Gasteiger partial charge in [-0.15, -0.1) is 0 Å². The van der Waals surface area contributed by atoms with Crippen LogP contribution in [0.25, 0.3) is 5.57 Å². The molecule has 0 bridgehead atoms. The Morgan fingerprint density at radius 3 is 1.81 bits per heavy atom. The van der Waals surface area contributed by atoms with Gasteiger partial charge < -0.3 is 28.6 Å². The Labute approximate surface area is 225 Å². The van der Waals surface area contributed by atoms with Crippen molar-refractivity contribution in [3.8, 4) is 11.5 Å². The lowest BCUT2D eigenvalue weighted by Gasteiger charge is -2.17. The predicted molar refractivity (Wildman–Crippen MR) is 139 cm³/mol. The number of benzene rings is 2. The summed E-state index contributed by atoms with van der Waals surface area (Å²) >= 11 is 6.96. The molecule has 2 aromatic carbocycles. The Morgan fingerprint density at radius 1 is 0.917 bits per heavy atom. The lowest BCUT2D eigenvalue weighted by Crippen LogP contribution is -2.24. The molecule has 1 aliphatic rings. The standard InChI is InChI=1S/C25H25Br2NO8/c1-32-21-17(23(29)34-3)10-14(12-19(21)26)16(6-5-7-28-8-9-36-25(28)31)15-11-18(24(30)35-4)22(33-2)20(27)13-15/h6,10-13H,5,7-9H2,1-4H3. The number of amides is 1. The normalized spacial score (nSPS) is 12.6. The van der Waals surface area contributed by atoms with Crippen LogP contribution >= 0.6 is 31.9 Å². The van der Waals surface area contributed by atoms with Gasteiger partial charge in [-0.25, -0.2) is 14.4 Å². The highest BCUT2D eigenvalue weighted by molar-refractivity contribution is 9.11. The molecule has 9 nitrogen and oxygen atoms in total. The zero-order valence-electron chi connectivity index (χ0n) is 20.2. The van der Waals surface area contributed by atoms with Gasteiger partial charge in [-0.2, -0.15) is 0 Å². The summed E-state index contributed by atoms with van der Waals surface area (Å²) in [5.41, 5.74) is 2.45. The molecular weight excluding hydrogens is 602 g/mol. The summed E-state index contributed by atoms with van der Waals surface area (Å²) in [5.74, 6) is -0.480. The molecule has 1 aliphatic heterocycles. The predicted octanol–water partition coefficient (Wildman–Crippen LogP) is 5.08. The summed E-state index contributed by atoms with van der Waals surface area (Å²) in [7, 11) is 5.50. The molecule has 11 heteroatoms. The first-order valence-corrected chi connectivity index (χ1v) is 12.4. The first-order valence-electron chi connectivity index (χ1n) is 10.8. The van der Waals surface area contributed by atoms with Gasteiger partial charge in [0.15, 0.2) is 0 Å². The molecule has 0 unspecified atom stereocenters. The van der Waals surface area contributed by atoms with Gasteiger partial charge in [0.1, 0.15) is 29.2 Å². The summed E-state index contributed by atoms with van der Waals surface area (Å²) in [6.45, 7) is 1.31. The topological polar surface area (TPSA) is 101 Å². The number of rotatable bonds is 9. The fourth-order valence-corrected chi connectivity index (χ4v) is 5.08. The van der Waals surface area contributed by atoms with Gasteiger partial charge in [-0.3, -0.25) is 0 Å². The van der Waals surface area contributed by atoms with Gasteiger partial charge in [0.05, 0.1) is 43.9 Å². The van der Waals surface area contributed by atoms with Crippen molar-refractivity contribution < 1.29 is 38.1 Å². The Bertz CT molecular complexity index is 1140. The SMILES string of the molecule is COC(=O)c1cc(C(=CCCN2CCOC2=O)c2cc(Br)c(OC)c(C(=O)OC)c2)cc(Br)c1OC. The fraction of sp³-hybridized carbons (Fsp3) is 0.320. The molecule has 1 heterocycles. The highest BCUT2D eigenvalue weighted by Crippen LogP contribution is 2.39. The van der Waals surface area contributed by atoms with Gasteiger partial charge in [0.25, 0.3) is 0 Å². The average molecular weight is 627 g/mol. The molecule has 1 amide bonds. The summed E-state index contributed by atoms with van der Waals surface area (Å²) in [6.07, 6.45) is 2.06. The van der Waals surface area contributed by atoms with Crippen molar-refractivity contribution in [3.63, 3.8) is 0 Å². The van der Waals surface area contributed by atoms with Crippen LogP contribution in [0.4, 0.5) is 4.79 Å². The van der Waals surface area contributed by atoms with E-state index in [0.717, 1.165) is 0 Å². The zero-order chi connectivity index (χ0) is 26.4. The van der Waals surface area contributed by atoms with Crippen LogP contribution in [-0.2, 0) is 14.2 Å². The van der Waals surface area contributed by atoms with Gasteiger partial charge in [-0.05, 0) is 79.2 Å². The summed E-state index contributed by atoms with van der Waals surface area (Å²) < 4.78 is 26.8. The van der Waals surface area contributed by atoms with E-state index in [-0.39, 0.29) is 17.2 Å². The van der Waals surface area contributed by atoms with Crippen molar-refractivity contribution in [2.45, 2.75) is 6.42 Å². The summed E-state index contributed by atoms with van der Waals surface area (Å²) in [6, 6.07) is 6.91. The molecule has 0 radical (unpaired) electrons. The van der Waals surface area contributed by atoms with Crippen LogP contribution in [0.2, 0.25) is 0 Å². The highest BCUT2D eigenvalue weighted by atomic mass is 79.9. The number of hydrogen-bond acceptors (Lipinski definition) is 8. The third-order valence-electron chi connectivity index (χ3n) is 5.52. The molecule has 0 saturated carbocycles. The van der Waals surface area contributed by atoms with Crippen LogP contribution in [0.15, 0.2) is 39.3 Å². The highest BCUT2D eigenvalue weighted by Gasteiger charge is 2.24. The van der Waals surface area contributed by atoms with Crippen molar-refractivity contribution >= 4 is 55.5 Å². The number of carbonyl (C=O) groups excluding carboxylic acids is 3. The lowest BCUT2D eigenvalue weighted by molar-refractivity contribution is 0.0588. The van der Waals surface area contributed by atoms with E-state index in [0.29, 0.717) is 63.3 Å². The van der Waals surface area contributed by atoms with Crippen LogP contribution in [0.3, 0.4) is 0 Å². The number of hydrogen-bond donors (Lipinski definition) is 0. The van der Waals surface area contributed by atoms with Crippen LogP contribution in [0.5, 0.6) is 11.5 Å². The molecule has 0 N–H and O–H groups in total. The molecule has 0 aliphatic carbocycles. The largest absolute Gasteiger partial charge is 0.495 e. The van der Waals surface area contributed by atoms with E-state index >= 15 is 0 Å². The molecule has 0 aromatic heterocycles. The maximum atomic E-state index is 12.5. The molecule has 36 heavy (non-hydrogen) atoms. The number of cyclic esters (lactones) is 1. The second-order valence-electron chi connectivity index (χ2n) is 7.57. The van der Waals surface area contributed by atoms with Crippen molar-refractivity contribution in [1.82, 2.24) is 4.90 Å². The number of methoxy groups -OCH3 is 4. The second kappa shape index (κ2) is 12.3. The number of esters is 2. The number of carbonyl (C=O) groups is 3. The van der Waals surface area contributed by atoms with Crippen LogP contribution < -0.4 is 9.47 Å². The number of nitrogens with zero attached hydrogens (tertiary/aromatic N) is 1. The molecule has 3 rings (SSSR count). The van der Waals surface area contributed by atoms with Crippen LogP contribution in [0.1, 0.15) is 38.3 Å². The van der Waals surface area contributed by atoms with Crippen LogP contribution in [0, 0.1) is 0 Å². The number of halogens is 2. The third-order valence-corrected chi connectivity index (χ3v) is 6.70. The quantitative estimate of drug-likeness (QED) is 0.281. The molecule has 192 valence electrons. The van der Waals surface area contributed by atoms with Crippen molar-refractivity contribution in [3.05, 3.63) is 61.5 Å². The maximum absolute atomic E-state index is 12.5. The van der Waals surface area contributed by atoms with Gasteiger partial charge in [0.2, 0.25) is 0 Å². The van der Waals surface area contributed by atoms with Gasteiger partial charge in [0, 0.05) is 6.54 Å². The molecule has 1 fully saturated rings. The van der Waals surface area contributed by atoms with Gasteiger partial charge in [-0.1, -0.05) is 6.08 Å². The Balaban J connectivity index is 2.18. The molecular formula is C25H25Br2NO8. The Morgan fingerprint density at radius 2 is 1.42 bits per heavy atom. The lowest BCUT2D eigenvalue weighted by atomic mass is 9.93. The minimum absolute atomic E-state index is 0.221. The first-order chi connectivity index (χ1) is 17.2. The molecule has 1 saturated heterocycles.